The molecule has 0 aromatic carbocycles. The van der Waals surface area contributed by atoms with Crippen LogP contribution < -0.4 is 0 Å². The van der Waals surface area contributed by atoms with Crippen molar-refractivity contribution in [1.29, 1.82) is 0 Å². The van der Waals surface area contributed by atoms with E-state index in [2.05, 4.69) is 55.4 Å². The molecule has 0 saturated heterocycles. The number of phosphoric ester groups is 2. The second-order valence-corrected chi connectivity index (χ2v) is 30.2. The minimum absolute atomic E-state index is 0.105. The lowest BCUT2D eigenvalue weighted by Gasteiger charge is -2.21. The summed E-state index contributed by atoms with van der Waals surface area (Å²) in [6.45, 7) is 14.2. The number of hydrogen-bond donors (Lipinski definition) is 3. The molecule has 0 saturated carbocycles. The normalized spacial score (nSPS) is 15.4. The number of unbranched alkanes of at least 4 members (excludes halogenated alkanes) is 32. The van der Waals surface area contributed by atoms with E-state index < -0.39 is 97.5 Å². The molecule has 3 N–H and O–H groups in total. The molecular weight excluding hydrogens is 1210 g/mol. The SMILES string of the molecule is CCC(C)CCCCCCCCCCCCCCCCC(=O)O[C@H](COC(=O)CCCCCCCCC(C)CC)COP(=O)(O)OC[C@H](O)COP(=O)(O)OC[C@@H](COC(=O)CCCCCCCCC(C)CC)OC(=O)CCCCCCCCCCCCC(C)CC. The van der Waals surface area contributed by atoms with Crippen LogP contribution in [-0.4, -0.2) is 96.7 Å². The molecule has 0 aliphatic rings. The Labute approximate surface area is 562 Å². The monoisotopic (exact) mass is 1350 g/mol. The van der Waals surface area contributed by atoms with Gasteiger partial charge in [0.1, 0.15) is 19.3 Å². The zero-order valence-corrected chi connectivity index (χ0v) is 62.0. The summed E-state index contributed by atoms with van der Waals surface area (Å²) in [5.41, 5.74) is 0. The number of esters is 4. The topological polar surface area (TPSA) is 237 Å². The third kappa shape index (κ3) is 61.6. The molecule has 0 aromatic heterocycles. The van der Waals surface area contributed by atoms with E-state index >= 15 is 0 Å². The van der Waals surface area contributed by atoms with Gasteiger partial charge in [0, 0.05) is 25.7 Å². The van der Waals surface area contributed by atoms with Gasteiger partial charge in [-0.05, 0) is 49.4 Å². The van der Waals surface area contributed by atoms with Gasteiger partial charge in [-0.1, -0.05) is 312 Å². The van der Waals surface area contributed by atoms with Crippen LogP contribution in [0.15, 0.2) is 0 Å². The fourth-order valence-corrected chi connectivity index (χ4v) is 12.5. The van der Waals surface area contributed by atoms with Crippen LogP contribution in [0.5, 0.6) is 0 Å². The highest BCUT2D eigenvalue weighted by atomic mass is 31.2. The van der Waals surface area contributed by atoms with Gasteiger partial charge in [-0.3, -0.25) is 37.3 Å². The van der Waals surface area contributed by atoms with Crippen LogP contribution in [0.4, 0.5) is 0 Å². The van der Waals surface area contributed by atoms with E-state index in [0.717, 1.165) is 126 Å². The van der Waals surface area contributed by atoms with E-state index in [9.17, 15) is 43.2 Å². The Bertz CT molecular complexity index is 1820. The van der Waals surface area contributed by atoms with Gasteiger partial charge in [0.15, 0.2) is 12.2 Å². The molecule has 0 spiro atoms. The van der Waals surface area contributed by atoms with Crippen LogP contribution in [0.25, 0.3) is 0 Å². The van der Waals surface area contributed by atoms with E-state index in [4.69, 9.17) is 37.0 Å². The van der Waals surface area contributed by atoms with Gasteiger partial charge in [0.05, 0.1) is 26.4 Å². The van der Waals surface area contributed by atoms with Crippen LogP contribution in [0.2, 0.25) is 0 Å². The molecule has 0 radical (unpaired) electrons. The Balaban J connectivity index is 5.24. The number of aliphatic hydroxyl groups excluding tert-OH is 1. The summed E-state index contributed by atoms with van der Waals surface area (Å²) < 4.78 is 68.4. The minimum Gasteiger partial charge on any atom is -0.462 e. The average molecular weight is 1350 g/mol. The maximum atomic E-state index is 13.0. The Hall–Kier alpha value is -1.94. The van der Waals surface area contributed by atoms with E-state index in [0.29, 0.717) is 25.7 Å². The first-order valence-electron chi connectivity index (χ1n) is 37.9. The van der Waals surface area contributed by atoms with Gasteiger partial charge >= 0.3 is 39.5 Å². The third-order valence-electron chi connectivity index (χ3n) is 18.3. The van der Waals surface area contributed by atoms with Crippen molar-refractivity contribution in [3.63, 3.8) is 0 Å². The maximum Gasteiger partial charge on any atom is 0.472 e. The van der Waals surface area contributed by atoms with E-state index in [1.807, 2.05) is 0 Å². The van der Waals surface area contributed by atoms with Crippen molar-refractivity contribution in [3.05, 3.63) is 0 Å². The van der Waals surface area contributed by atoms with E-state index in [1.165, 1.54) is 154 Å². The summed E-state index contributed by atoms with van der Waals surface area (Å²) in [5.74, 6) is 0.983. The van der Waals surface area contributed by atoms with Crippen LogP contribution in [0, 0.1) is 23.7 Å². The lowest BCUT2D eigenvalue weighted by molar-refractivity contribution is -0.161. The first-order chi connectivity index (χ1) is 44.2. The molecule has 6 unspecified atom stereocenters. The standard InChI is InChI=1S/C73H142O17P2/c1-9-63(5)49-41-33-25-21-17-15-13-14-16-18-23-27-39-47-55-72(77)89-68(59-83-70(75)53-45-37-31-29-35-43-51-65(7)11-3)61-87-91(79,80)85-57-67(74)58-86-92(81,82)88-62-69(60-84-71(76)54-46-38-32-30-36-44-52-66(8)12-4)90-73(78)56-48-40-28-24-20-19-22-26-34-42-50-64(6)10-2/h63-69,74H,9-62H2,1-8H3,(H,79,80)(H,81,82)/t63?,64?,65?,66?,67-,68+,69+/m0/s1. The highest BCUT2D eigenvalue weighted by Gasteiger charge is 2.30. The van der Waals surface area contributed by atoms with Crippen LogP contribution >= 0.6 is 15.6 Å². The molecule has 0 aliphatic heterocycles. The number of carbonyl (C=O) groups is 4. The van der Waals surface area contributed by atoms with Crippen molar-refractivity contribution in [3.8, 4) is 0 Å². The fourth-order valence-electron chi connectivity index (χ4n) is 10.9. The summed E-state index contributed by atoms with van der Waals surface area (Å²) in [6.07, 6.45) is 45.7. The number of aliphatic hydroxyl groups is 1. The minimum atomic E-state index is -4.95. The summed E-state index contributed by atoms with van der Waals surface area (Å²) >= 11 is 0. The number of phosphoric acid groups is 2. The number of hydrogen-bond acceptors (Lipinski definition) is 15. The molecule has 546 valence electrons. The van der Waals surface area contributed by atoms with Crippen molar-refractivity contribution < 1.29 is 80.2 Å². The predicted octanol–water partition coefficient (Wildman–Crippen LogP) is 20.9. The van der Waals surface area contributed by atoms with Crippen LogP contribution in [-0.2, 0) is 65.4 Å². The van der Waals surface area contributed by atoms with Crippen LogP contribution in [0.1, 0.15) is 364 Å². The molecule has 0 rings (SSSR count). The molecule has 0 amide bonds. The first kappa shape index (κ1) is 90.1. The predicted molar refractivity (Wildman–Crippen MR) is 372 cm³/mol. The Kier molecular flexibility index (Phi) is 61.3. The molecule has 0 heterocycles. The van der Waals surface area contributed by atoms with Gasteiger partial charge in [0.2, 0.25) is 0 Å². The third-order valence-corrected chi connectivity index (χ3v) is 20.2. The van der Waals surface area contributed by atoms with Gasteiger partial charge < -0.3 is 33.8 Å². The fraction of sp³-hybridized carbons (Fsp3) is 0.945. The van der Waals surface area contributed by atoms with Crippen LogP contribution in [0.3, 0.4) is 0 Å². The highest BCUT2D eigenvalue weighted by Crippen LogP contribution is 2.45. The summed E-state index contributed by atoms with van der Waals surface area (Å²) in [7, 11) is -9.91. The molecule has 0 fully saturated rings. The molecule has 0 aliphatic carbocycles. The maximum absolute atomic E-state index is 13.0. The van der Waals surface area contributed by atoms with E-state index in [-0.39, 0.29) is 25.7 Å². The van der Waals surface area contributed by atoms with E-state index in [1.54, 1.807) is 0 Å². The van der Waals surface area contributed by atoms with Gasteiger partial charge in [-0.15, -0.1) is 0 Å². The average Bonchev–Trinajstić information content (AvgIpc) is 1.71. The highest BCUT2D eigenvalue weighted by molar-refractivity contribution is 7.47. The second kappa shape index (κ2) is 62.6. The van der Waals surface area contributed by atoms with Gasteiger partial charge in [0.25, 0.3) is 0 Å². The van der Waals surface area contributed by atoms with Crippen molar-refractivity contribution in [2.75, 3.05) is 39.6 Å². The molecule has 0 aromatic rings. The Morgan fingerprint density at radius 1 is 0.293 bits per heavy atom. The molecule has 17 nitrogen and oxygen atoms in total. The number of ether oxygens (including phenoxy) is 4. The second-order valence-electron chi connectivity index (χ2n) is 27.3. The van der Waals surface area contributed by atoms with Gasteiger partial charge in [-0.2, -0.15) is 0 Å². The zero-order valence-electron chi connectivity index (χ0n) is 60.2. The first-order valence-corrected chi connectivity index (χ1v) is 40.8. The van der Waals surface area contributed by atoms with Crippen molar-refractivity contribution >= 4 is 39.5 Å². The summed E-state index contributed by atoms with van der Waals surface area (Å²) in [6, 6.07) is 0. The Morgan fingerprint density at radius 3 is 0.717 bits per heavy atom. The summed E-state index contributed by atoms with van der Waals surface area (Å²) in [4.78, 5) is 72.7. The quantitative estimate of drug-likeness (QED) is 0.0222. The number of rotatable bonds is 70. The van der Waals surface area contributed by atoms with Gasteiger partial charge in [-0.25, -0.2) is 9.13 Å². The Morgan fingerprint density at radius 2 is 0.489 bits per heavy atom. The summed E-state index contributed by atoms with van der Waals surface area (Å²) in [5, 5.41) is 10.6. The van der Waals surface area contributed by atoms with Crippen molar-refractivity contribution in [1.82, 2.24) is 0 Å². The molecule has 92 heavy (non-hydrogen) atoms. The molecule has 0 bridgehead atoms. The van der Waals surface area contributed by atoms with Crippen molar-refractivity contribution in [2.24, 2.45) is 23.7 Å². The number of carbonyl (C=O) groups excluding carboxylic acids is 4. The lowest BCUT2D eigenvalue weighted by atomic mass is 9.99. The largest absolute Gasteiger partial charge is 0.472 e. The zero-order chi connectivity index (χ0) is 68.2. The molecular formula is C73H142O17P2. The van der Waals surface area contributed by atoms with Crippen molar-refractivity contribution in [2.45, 2.75) is 382 Å². The molecule has 9 atom stereocenters. The smallest absolute Gasteiger partial charge is 0.462 e. The molecule has 19 heteroatoms. The lowest BCUT2D eigenvalue weighted by Crippen LogP contribution is -2.30.